The molecule has 1 saturated heterocycles. The van der Waals surface area contributed by atoms with Gasteiger partial charge in [-0.15, -0.1) is 0 Å². The number of aryl methyl sites for hydroxylation is 1. The van der Waals surface area contributed by atoms with Crippen LogP contribution in [0.4, 0.5) is 11.4 Å². The van der Waals surface area contributed by atoms with Crippen molar-refractivity contribution >= 4 is 40.7 Å². The van der Waals surface area contributed by atoms with Crippen LogP contribution in [0.15, 0.2) is 42.5 Å². The summed E-state index contributed by atoms with van der Waals surface area (Å²) in [6, 6.07) is 9.36. The summed E-state index contributed by atoms with van der Waals surface area (Å²) in [6.07, 6.45) is 0.377. The van der Waals surface area contributed by atoms with Gasteiger partial charge in [0, 0.05) is 17.7 Å². The number of nitrogens with zero attached hydrogens (tertiary/aromatic N) is 3. The van der Waals surface area contributed by atoms with E-state index in [1.54, 1.807) is 31.2 Å². The van der Waals surface area contributed by atoms with Gasteiger partial charge in [-0.2, -0.15) is 0 Å². The Kier molecular flexibility index (Phi) is 6.40. The molecule has 3 amide bonds. The normalized spacial score (nSPS) is 17.0. The van der Waals surface area contributed by atoms with Gasteiger partial charge in [-0.3, -0.25) is 24.5 Å². The van der Waals surface area contributed by atoms with Crippen molar-refractivity contribution in [2.24, 2.45) is 0 Å². The van der Waals surface area contributed by atoms with Crippen molar-refractivity contribution in [3.63, 3.8) is 0 Å². The van der Waals surface area contributed by atoms with Crippen LogP contribution in [-0.4, -0.2) is 39.6 Å². The minimum absolute atomic E-state index is 0.0328. The fraction of sp³-hybridized carbons (Fsp3) is 0.318. The number of nitro groups is 1. The molecule has 2 aromatic rings. The van der Waals surface area contributed by atoms with Gasteiger partial charge in [0.1, 0.15) is 11.1 Å². The fourth-order valence-corrected chi connectivity index (χ4v) is 3.77. The lowest BCUT2D eigenvalue weighted by Gasteiger charge is -2.33. The van der Waals surface area contributed by atoms with E-state index in [-0.39, 0.29) is 23.0 Å². The molecule has 0 spiro atoms. The number of carbonyl (C=O) groups is 3. The van der Waals surface area contributed by atoms with Crippen LogP contribution in [-0.2, 0) is 9.59 Å². The Morgan fingerprint density at radius 2 is 1.90 bits per heavy atom. The number of hydrogen-bond acceptors (Lipinski definition) is 5. The maximum absolute atomic E-state index is 13.3. The van der Waals surface area contributed by atoms with Gasteiger partial charge in [0.15, 0.2) is 0 Å². The smallest absolute Gasteiger partial charge is 0.288 e. The number of nitro benzene ring substituents is 1. The van der Waals surface area contributed by atoms with Crippen molar-refractivity contribution in [1.29, 1.82) is 0 Å². The van der Waals surface area contributed by atoms with Crippen LogP contribution in [0.25, 0.3) is 0 Å². The van der Waals surface area contributed by atoms with Crippen molar-refractivity contribution in [1.82, 2.24) is 4.90 Å². The number of benzene rings is 2. The third-order valence-electron chi connectivity index (χ3n) is 5.44. The van der Waals surface area contributed by atoms with Crippen molar-refractivity contribution in [3.05, 3.63) is 68.7 Å². The second-order valence-electron chi connectivity index (χ2n) is 7.52. The topological polar surface area (TPSA) is 101 Å². The highest BCUT2D eigenvalue weighted by molar-refractivity contribution is 6.32. The Hall–Kier alpha value is -3.26. The summed E-state index contributed by atoms with van der Waals surface area (Å²) >= 11 is 5.86. The van der Waals surface area contributed by atoms with Crippen LogP contribution in [0.1, 0.15) is 42.6 Å². The van der Waals surface area contributed by atoms with Crippen LogP contribution in [0, 0.1) is 17.0 Å². The van der Waals surface area contributed by atoms with Gasteiger partial charge in [0.2, 0.25) is 5.91 Å². The Bertz CT molecular complexity index is 1050. The zero-order chi connectivity index (χ0) is 22.9. The molecule has 31 heavy (non-hydrogen) atoms. The molecule has 2 aromatic carbocycles. The SMILES string of the molecule is CCC(C)N(C(=O)c1ccc(Cl)c([N+](=O)[O-])c1)C1CC(=O)N(c2ccc(C)cc2)C1=O. The molecule has 0 bridgehead atoms. The predicted molar refractivity (Wildman–Crippen MR) is 116 cm³/mol. The van der Waals surface area contributed by atoms with Gasteiger partial charge in [0.05, 0.1) is 17.0 Å². The summed E-state index contributed by atoms with van der Waals surface area (Å²) < 4.78 is 0. The molecule has 2 atom stereocenters. The zero-order valence-corrected chi connectivity index (χ0v) is 18.1. The largest absolute Gasteiger partial charge is 0.323 e. The van der Waals surface area contributed by atoms with E-state index in [0.29, 0.717) is 12.1 Å². The van der Waals surface area contributed by atoms with E-state index < -0.39 is 34.4 Å². The Morgan fingerprint density at radius 3 is 2.48 bits per heavy atom. The molecular formula is C22H22ClN3O5. The summed E-state index contributed by atoms with van der Waals surface area (Å²) in [4.78, 5) is 52.2. The van der Waals surface area contributed by atoms with Gasteiger partial charge in [-0.05, 0) is 44.5 Å². The van der Waals surface area contributed by atoms with Crippen molar-refractivity contribution < 1.29 is 19.3 Å². The third kappa shape index (κ3) is 4.29. The minimum Gasteiger partial charge on any atom is -0.323 e. The summed E-state index contributed by atoms with van der Waals surface area (Å²) in [5.41, 5.74) is 1.07. The van der Waals surface area contributed by atoms with E-state index in [9.17, 15) is 24.5 Å². The van der Waals surface area contributed by atoms with Crippen LogP contribution < -0.4 is 4.90 Å². The van der Waals surface area contributed by atoms with Gasteiger partial charge in [-0.1, -0.05) is 36.2 Å². The molecule has 1 aliphatic rings. The number of anilines is 1. The van der Waals surface area contributed by atoms with E-state index in [0.717, 1.165) is 16.5 Å². The predicted octanol–water partition coefficient (Wildman–Crippen LogP) is 4.13. The summed E-state index contributed by atoms with van der Waals surface area (Å²) in [7, 11) is 0. The zero-order valence-electron chi connectivity index (χ0n) is 17.4. The molecule has 8 nitrogen and oxygen atoms in total. The first-order valence-electron chi connectivity index (χ1n) is 9.85. The molecule has 0 aliphatic carbocycles. The van der Waals surface area contributed by atoms with Crippen LogP contribution in [0.3, 0.4) is 0 Å². The standard InChI is InChI=1S/C22H22ClN3O5/c1-4-14(3)24(21(28)15-7-10-17(23)18(11-15)26(30)31)19-12-20(27)25(22(19)29)16-8-5-13(2)6-9-16/h5-11,14,19H,4,12H2,1-3H3. The first kappa shape index (κ1) is 22.4. The van der Waals surface area contributed by atoms with Gasteiger partial charge in [-0.25, -0.2) is 4.90 Å². The molecule has 1 fully saturated rings. The maximum atomic E-state index is 13.3. The fourth-order valence-electron chi connectivity index (χ4n) is 3.58. The van der Waals surface area contributed by atoms with E-state index in [1.165, 1.54) is 17.0 Å². The number of carbonyl (C=O) groups excluding carboxylic acids is 3. The molecule has 0 saturated carbocycles. The average molecular weight is 444 g/mol. The Balaban J connectivity index is 1.98. The van der Waals surface area contributed by atoms with Crippen LogP contribution in [0.5, 0.6) is 0 Å². The summed E-state index contributed by atoms with van der Waals surface area (Å²) in [5.74, 6) is -1.46. The second kappa shape index (κ2) is 8.85. The van der Waals surface area contributed by atoms with E-state index in [1.807, 2.05) is 13.8 Å². The first-order chi connectivity index (χ1) is 14.6. The molecule has 3 rings (SSSR count). The van der Waals surface area contributed by atoms with E-state index >= 15 is 0 Å². The Morgan fingerprint density at radius 1 is 1.26 bits per heavy atom. The van der Waals surface area contributed by atoms with Crippen molar-refractivity contribution in [2.75, 3.05) is 4.90 Å². The molecule has 162 valence electrons. The Labute approximate surface area is 184 Å². The molecular weight excluding hydrogens is 422 g/mol. The number of imide groups is 1. The maximum Gasteiger partial charge on any atom is 0.288 e. The van der Waals surface area contributed by atoms with Crippen molar-refractivity contribution in [2.45, 2.75) is 45.7 Å². The highest BCUT2D eigenvalue weighted by Crippen LogP contribution is 2.30. The summed E-state index contributed by atoms with van der Waals surface area (Å²) in [6.45, 7) is 5.53. The quantitative estimate of drug-likeness (QED) is 0.379. The minimum atomic E-state index is -0.994. The highest BCUT2D eigenvalue weighted by atomic mass is 35.5. The average Bonchev–Trinajstić information content (AvgIpc) is 3.02. The molecule has 1 heterocycles. The van der Waals surface area contributed by atoms with Crippen LogP contribution in [0.2, 0.25) is 5.02 Å². The lowest BCUT2D eigenvalue weighted by Crippen LogP contribution is -2.49. The van der Waals surface area contributed by atoms with Gasteiger partial charge < -0.3 is 4.90 Å². The van der Waals surface area contributed by atoms with Gasteiger partial charge in [0.25, 0.3) is 17.5 Å². The number of rotatable bonds is 6. The monoisotopic (exact) mass is 443 g/mol. The number of halogens is 1. The number of amides is 3. The molecule has 2 unspecified atom stereocenters. The van der Waals surface area contributed by atoms with E-state index in [4.69, 9.17) is 11.6 Å². The first-order valence-corrected chi connectivity index (χ1v) is 10.2. The molecule has 0 radical (unpaired) electrons. The third-order valence-corrected chi connectivity index (χ3v) is 5.76. The molecule has 0 N–H and O–H groups in total. The number of hydrogen-bond donors (Lipinski definition) is 0. The lowest BCUT2D eigenvalue weighted by molar-refractivity contribution is -0.384. The summed E-state index contributed by atoms with van der Waals surface area (Å²) in [5, 5.41) is 11.1. The van der Waals surface area contributed by atoms with Crippen molar-refractivity contribution in [3.8, 4) is 0 Å². The lowest BCUT2D eigenvalue weighted by atomic mass is 10.1. The second-order valence-corrected chi connectivity index (χ2v) is 7.92. The molecule has 1 aliphatic heterocycles. The van der Waals surface area contributed by atoms with E-state index in [2.05, 4.69) is 0 Å². The molecule has 0 aromatic heterocycles. The van der Waals surface area contributed by atoms with Crippen LogP contribution >= 0.6 is 11.6 Å². The highest BCUT2D eigenvalue weighted by Gasteiger charge is 2.45. The molecule has 9 heteroatoms. The van der Waals surface area contributed by atoms with Gasteiger partial charge >= 0.3 is 0 Å².